The molecular weight excluding hydrogens is 252 g/mol. The lowest BCUT2D eigenvalue weighted by atomic mass is 10.3. The third-order valence-electron chi connectivity index (χ3n) is 3.63. The number of piperazine rings is 1. The van der Waals surface area contributed by atoms with Crippen molar-refractivity contribution in [2.24, 2.45) is 0 Å². The van der Waals surface area contributed by atoms with Crippen molar-refractivity contribution in [3.8, 4) is 0 Å². The smallest absolute Gasteiger partial charge is 0.157 e. The van der Waals surface area contributed by atoms with Crippen LogP contribution in [-0.2, 0) is 6.42 Å². The zero-order chi connectivity index (χ0) is 13.9. The summed E-state index contributed by atoms with van der Waals surface area (Å²) in [7, 11) is 4.14. The molecule has 0 atom stereocenters. The summed E-state index contributed by atoms with van der Waals surface area (Å²) in [5.74, 6) is 0.913. The molecule has 2 aromatic heterocycles. The molecule has 2 aromatic rings. The predicted molar refractivity (Wildman–Crippen MR) is 80.3 cm³/mol. The van der Waals surface area contributed by atoms with Gasteiger partial charge in [0.15, 0.2) is 11.5 Å². The molecule has 6 nitrogen and oxygen atoms in total. The van der Waals surface area contributed by atoms with Gasteiger partial charge >= 0.3 is 0 Å². The van der Waals surface area contributed by atoms with E-state index in [0.717, 1.165) is 50.6 Å². The summed E-state index contributed by atoms with van der Waals surface area (Å²) in [5.41, 5.74) is 2.18. The van der Waals surface area contributed by atoms with E-state index in [2.05, 4.69) is 51.4 Å². The SMILES string of the molecule is CN(C)CCc1nc2cc(N3CCNCC3)ccn2n1. The first kappa shape index (κ1) is 13.3. The molecule has 0 radical (unpaired) electrons. The van der Waals surface area contributed by atoms with Crippen LogP contribution in [0, 0.1) is 0 Å². The second-order valence-corrected chi connectivity index (χ2v) is 5.51. The standard InChI is InChI=1S/C14H22N6/c1-18(2)7-4-13-16-14-11-12(3-8-20(14)17-13)19-9-5-15-6-10-19/h3,8,11,15H,4-7,9-10H2,1-2H3. The monoisotopic (exact) mass is 274 g/mol. The molecule has 0 unspecified atom stereocenters. The number of hydrogen-bond donors (Lipinski definition) is 1. The van der Waals surface area contributed by atoms with E-state index in [0.29, 0.717) is 0 Å². The molecule has 0 amide bonds. The van der Waals surface area contributed by atoms with Gasteiger partial charge in [0.25, 0.3) is 0 Å². The number of fused-ring (bicyclic) bond motifs is 1. The molecule has 0 bridgehead atoms. The highest BCUT2D eigenvalue weighted by atomic mass is 15.3. The number of pyridine rings is 1. The van der Waals surface area contributed by atoms with Gasteiger partial charge in [-0.15, -0.1) is 0 Å². The number of anilines is 1. The maximum Gasteiger partial charge on any atom is 0.157 e. The minimum atomic E-state index is 0.887. The van der Waals surface area contributed by atoms with Crippen molar-refractivity contribution in [1.29, 1.82) is 0 Å². The molecule has 1 aliphatic heterocycles. The molecule has 3 rings (SSSR count). The van der Waals surface area contributed by atoms with Crippen LogP contribution < -0.4 is 10.2 Å². The highest BCUT2D eigenvalue weighted by Gasteiger charge is 2.12. The van der Waals surface area contributed by atoms with Crippen LogP contribution in [0.2, 0.25) is 0 Å². The van der Waals surface area contributed by atoms with Gasteiger partial charge in [0.1, 0.15) is 0 Å². The summed E-state index contributed by atoms with van der Waals surface area (Å²) >= 11 is 0. The average molecular weight is 274 g/mol. The molecule has 3 heterocycles. The number of nitrogens with zero attached hydrogens (tertiary/aromatic N) is 5. The second kappa shape index (κ2) is 5.76. The Morgan fingerprint density at radius 2 is 2.10 bits per heavy atom. The second-order valence-electron chi connectivity index (χ2n) is 5.51. The van der Waals surface area contributed by atoms with Gasteiger partial charge < -0.3 is 15.1 Å². The lowest BCUT2D eigenvalue weighted by Gasteiger charge is -2.29. The first-order valence-corrected chi connectivity index (χ1v) is 7.18. The van der Waals surface area contributed by atoms with E-state index < -0.39 is 0 Å². The minimum Gasteiger partial charge on any atom is -0.369 e. The first-order chi connectivity index (χ1) is 9.72. The number of hydrogen-bond acceptors (Lipinski definition) is 5. The van der Waals surface area contributed by atoms with Crippen LogP contribution >= 0.6 is 0 Å². The number of likely N-dealkylation sites (N-methyl/N-ethyl adjacent to an activating group) is 1. The van der Waals surface area contributed by atoms with Gasteiger partial charge in [-0.1, -0.05) is 0 Å². The Morgan fingerprint density at radius 1 is 1.30 bits per heavy atom. The number of aromatic nitrogens is 3. The molecule has 0 saturated carbocycles. The first-order valence-electron chi connectivity index (χ1n) is 7.18. The highest BCUT2D eigenvalue weighted by Crippen LogP contribution is 2.16. The van der Waals surface area contributed by atoms with Gasteiger partial charge in [-0.05, 0) is 20.2 Å². The quantitative estimate of drug-likeness (QED) is 0.866. The van der Waals surface area contributed by atoms with Crippen LogP contribution in [0.1, 0.15) is 5.82 Å². The van der Waals surface area contributed by atoms with Crippen LogP contribution in [0.5, 0.6) is 0 Å². The van der Waals surface area contributed by atoms with Crippen molar-refractivity contribution >= 4 is 11.3 Å². The van der Waals surface area contributed by atoms with Crippen LogP contribution in [0.25, 0.3) is 5.65 Å². The maximum atomic E-state index is 4.62. The average Bonchev–Trinajstić information content (AvgIpc) is 2.88. The molecule has 0 aromatic carbocycles. The Kier molecular flexibility index (Phi) is 3.84. The Morgan fingerprint density at radius 3 is 2.85 bits per heavy atom. The fourth-order valence-corrected chi connectivity index (χ4v) is 2.47. The van der Waals surface area contributed by atoms with Crippen molar-refractivity contribution < 1.29 is 0 Å². The summed E-state index contributed by atoms with van der Waals surface area (Å²) in [6, 6.07) is 4.26. The fourth-order valence-electron chi connectivity index (χ4n) is 2.47. The molecule has 0 spiro atoms. The summed E-state index contributed by atoms with van der Waals surface area (Å²) < 4.78 is 1.87. The van der Waals surface area contributed by atoms with E-state index in [-0.39, 0.29) is 0 Å². The lowest BCUT2D eigenvalue weighted by Crippen LogP contribution is -2.43. The molecule has 1 saturated heterocycles. The molecule has 6 heteroatoms. The third-order valence-corrected chi connectivity index (χ3v) is 3.63. The Hall–Kier alpha value is -1.66. The highest BCUT2D eigenvalue weighted by molar-refractivity contribution is 5.56. The summed E-state index contributed by atoms with van der Waals surface area (Å²) in [6.07, 6.45) is 2.90. The largest absolute Gasteiger partial charge is 0.369 e. The molecule has 1 fully saturated rings. The van der Waals surface area contributed by atoms with E-state index in [1.807, 2.05) is 10.7 Å². The van der Waals surface area contributed by atoms with Crippen molar-refractivity contribution in [2.45, 2.75) is 6.42 Å². The minimum absolute atomic E-state index is 0.887. The van der Waals surface area contributed by atoms with Crippen LogP contribution in [0.3, 0.4) is 0 Å². The normalized spacial score (nSPS) is 16.2. The molecular formula is C14H22N6. The summed E-state index contributed by atoms with van der Waals surface area (Å²) in [4.78, 5) is 9.17. The number of rotatable bonds is 4. The maximum absolute atomic E-state index is 4.62. The Bertz CT molecular complexity index is 570. The summed E-state index contributed by atoms with van der Waals surface area (Å²) in [5, 5.41) is 7.89. The zero-order valence-electron chi connectivity index (χ0n) is 12.2. The van der Waals surface area contributed by atoms with Crippen molar-refractivity contribution in [1.82, 2.24) is 24.8 Å². The molecule has 0 aliphatic carbocycles. The van der Waals surface area contributed by atoms with Crippen molar-refractivity contribution in [3.05, 3.63) is 24.2 Å². The van der Waals surface area contributed by atoms with Gasteiger partial charge in [0, 0.05) is 57.1 Å². The zero-order valence-corrected chi connectivity index (χ0v) is 12.2. The van der Waals surface area contributed by atoms with Gasteiger partial charge in [0.05, 0.1) is 0 Å². The van der Waals surface area contributed by atoms with Gasteiger partial charge in [0.2, 0.25) is 0 Å². The summed E-state index contributed by atoms with van der Waals surface area (Å²) in [6.45, 7) is 5.18. The molecule has 1 aliphatic rings. The molecule has 108 valence electrons. The van der Waals surface area contributed by atoms with E-state index in [4.69, 9.17) is 0 Å². The van der Waals surface area contributed by atoms with Crippen LogP contribution in [0.4, 0.5) is 5.69 Å². The van der Waals surface area contributed by atoms with Gasteiger partial charge in [-0.2, -0.15) is 5.10 Å². The van der Waals surface area contributed by atoms with Crippen LogP contribution in [-0.4, -0.2) is 66.3 Å². The molecule has 20 heavy (non-hydrogen) atoms. The third kappa shape index (κ3) is 2.91. The topological polar surface area (TPSA) is 48.7 Å². The van der Waals surface area contributed by atoms with Crippen molar-refractivity contribution in [3.63, 3.8) is 0 Å². The van der Waals surface area contributed by atoms with Gasteiger partial charge in [-0.3, -0.25) is 0 Å². The van der Waals surface area contributed by atoms with E-state index in [1.165, 1.54) is 5.69 Å². The van der Waals surface area contributed by atoms with E-state index >= 15 is 0 Å². The van der Waals surface area contributed by atoms with E-state index in [1.54, 1.807) is 0 Å². The Balaban J connectivity index is 1.79. The van der Waals surface area contributed by atoms with E-state index in [9.17, 15) is 0 Å². The van der Waals surface area contributed by atoms with Gasteiger partial charge in [-0.25, -0.2) is 9.50 Å². The van der Waals surface area contributed by atoms with Crippen LogP contribution in [0.15, 0.2) is 18.3 Å². The lowest BCUT2D eigenvalue weighted by molar-refractivity contribution is 0.409. The molecule has 1 N–H and O–H groups in total. The Labute approximate surface area is 119 Å². The predicted octanol–water partition coefficient (Wildman–Crippen LogP) is 0.243. The van der Waals surface area contributed by atoms with Crippen molar-refractivity contribution in [2.75, 3.05) is 51.7 Å². The fraction of sp³-hybridized carbons (Fsp3) is 0.571. The number of nitrogens with one attached hydrogen (secondary N) is 1.